The topological polar surface area (TPSA) is 102 Å². The quantitative estimate of drug-likeness (QED) is 0.492. The lowest BCUT2D eigenvalue weighted by Crippen LogP contribution is -2.63. The van der Waals surface area contributed by atoms with Gasteiger partial charge in [0.1, 0.15) is 18.4 Å². The molecule has 8 nitrogen and oxygen atoms in total. The highest BCUT2D eigenvalue weighted by Gasteiger charge is 2.38. The lowest BCUT2D eigenvalue weighted by molar-refractivity contribution is -0.137. The first-order valence-corrected chi connectivity index (χ1v) is 12.3. The van der Waals surface area contributed by atoms with E-state index in [1.54, 1.807) is 0 Å². The number of aliphatic hydroxyl groups is 1. The van der Waals surface area contributed by atoms with E-state index in [1.807, 2.05) is 0 Å². The third kappa shape index (κ3) is 5.52. The predicted octanol–water partition coefficient (Wildman–Crippen LogP) is 2.49. The molecule has 5 rings (SSSR count). The van der Waals surface area contributed by atoms with Gasteiger partial charge in [0.2, 0.25) is 5.91 Å². The maximum Gasteiger partial charge on any atom is 0.416 e. The van der Waals surface area contributed by atoms with E-state index in [0.717, 1.165) is 63.7 Å². The molecular weight excluding hydrogens is 461 g/mol. The monoisotopic (exact) mass is 492 g/mol. The summed E-state index contributed by atoms with van der Waals surface area (Å²) >= 11 is 0. The van der Waals surface area contributed by atoms with Gasteiger partial charge in [0, 0.05) is 30.6 Å². The van der Waals surface area contributed by atoms with Crippen molar-refractivity contribution in [1.82, 2.24) is 25.5 Å². The minimum absolute atomic E-state index is 0.0765. The minimum atomic E-state index is -4.47. The zero-order chi connectivity index (χ0) is 24.6. The second kappa shape index (κ2) is 9.87. The summed E-state index contributed by atoms with van der Waals surface area (Å²) in [6.07, 6.45) is 2.95. The molecule has 2 aliphatic heterocycles. The van der Waals surface area contributed by atoms with Gasteiger partial charge in [-0.1, -0.05) is 0 Å². The SMILES string of the molecule is O=C(CNc1ncnc2ccc(C(F)(F)F)cc12)NC1CN(C2CCC(C3CCC(O)N3)CC2)C1. The van der Waals surface area contributed by atoms with Crippen molar-refractivity contribution >= 4 is 22.6 Å². The van der Waals surface area contributed by atoms with Crippen LogP contribution in [0, 0.1) is 5.92 Å². The molecule has 1 aromatic heterocycles. The van der Waals surface area contributed by atoms with E-state index in [9.17, 15) is 23.1 Å². The Morgan fingerprint density at radius 1 is 1.11 bits per heavy atom. The highest BCUT2D eigenvalue weighted by molar-refractivity contribution is 5.91. The van der Waals surface area contributed by atoms with Crippen LogP contribution in [0.15, 0.2) is 24.5 Å². The van der Waals surface area contributed by atoms with Crippen molar-refractivity contribution in [2.45, 2.75) is 69.1 Å². The van der Waals surface area contributed by atoms with Crippen LogP contribution in [0.3, 0.4) is 0 Å². The van der Waals surface area contributed by atoms with E-state index < -0.39 is 11.7 Å². The third-order valence-electron chi connectivity index (χ3n) is 7.64. The molecule has 2 saturated heterocycles. The Kier molecular flexibility index (Phi) is 6.82. The van der Waals surface area contributed by atoms with Gasteiger partial charge in [-0.25, -0.2) is 9.97 Å². The molecule has 1 aliphatic carbocycles. The number of benzene rings is 1. The molecule has 1 amide bonds. The van der Waals surface area contributed by atoms with Crippen molar-refractivity contribution in [3.63, 3.8) is 0 Å². The molecule has 2 atom stereocenters. The van der Waals surface area contributed by atoms with Crippen molar-refractivity contribution in [2.24, 2.45) is 5.92 Å². The summed E-state index contributed by atoms with van der Waals surface area (Å²) in [5.41, 5.74) is -0.409. The van der Waals surface area contributed by atoms with E-state index in [4.69, 9.17) is 0 Å². The molecule has 1 aromatic carbocycles. The molecule has 190 valence electrons. The molecule has 0 bridgehead atoms. The normalized spacial score (nSPS) is 28.1. The summed E-state index contributed by atoms with van der Waals surface area (Å²) in [4.78, 5) is 22.9. The van der Waals surface area contributed by atoms with E-state index >= 15 is 0 Å². The fourth-order valence-corrected chi connectivity index (χ4v) is 5.71. The van der Waals surface area contributed by atoms with E-state index in [2.05, 4.69) is 30.8 Å². The van der Waals surface area contributed by atoms with Crippen molar-refractivity contribution in [3.8, 4) is 0 Å². The third-order valence-corrected chi connectivity index (χ3v) is 7.64. The van der Waals surface area contributed by atoms with Gasteiger partial charge < -0.3 is 15.7 Å². The van der Waals surface area contributed by atoms with Crippen molar-refractivity contribution < 1.29 is 23.1 Å². The molecule has 2 aromatic rings. The summed E-state index contributed by atoms with van der Waals surface area (Å²) in [5.74, 6) is 0.617. The number of aromatic nitrogens is 2. The lowest BCUT2D eigenvalue weighted by Gasteiger charge is -2.47. The first-order valence-electron chi connectivity index (χ1n) is 12.3. The number of carbonyl (C=O) groups is 1. The number of hydrogen-bond donors (Lipinski definition) is 4. The lowest BCUT2D eigenvalue weighted by atomic mass is 9.79. The summed E-state index contributed by atoms with van der Waals surface area (Å²) in [5, 5.41) is 19.1. The molecule has 0 radical (unpaired) electrons. The van der Waals surface area contributed by atoms with Crippen molar-refractivity contribution in [3.05, 3.63) is 30.1 Å². The van der Waals surface area contributed by atoms with Crippen LogP contribution in [0.4, 0.5) is 19.0 Å². The fraction of sp³-hybridized carbons (Fsp3) is 0.625. The molecule has 3 aliphatic rings. The van der Waals surface area contributed by atoms with Gasteiger partial charge in [-0.05, 0) is 62.6 Å². The second-order valence-corrected chi connectivity index (χ2v) is 9.96. The number of anilines is 1. The number of hydrogen-bond acceptors (Lipinski definition) is 7. The van der Waals surface area contributed by atoms with Gasteiger partial charge in [0.25, 0.3) is 0 Å². The van der Waals surface area contributed by atoms with E-state index in [0.29, 0.717) is 23.5 Å². The van der Waals surface area contributed by atoms with Crippen LogP contribution in [0.25, 0.3) is 10.9 Å². The Hall–Kier alpha value is -2.50. The first-order chi connectivity index (χ1) is 16.8. The number of amides is 1. The molecule has 1 saturated carbocycles. The van der Waals surface area contributed by atoms with Gasteiger partial charge >= 0.3 is 6.18 Å². The number of nitrogens with one attached hydrogen (secondary N) is 3. The summed E-state index contributed by atoms with van der Waals surface area (Å²) in [7, 11) is 0. The molecule has 35 heavy (non-hydrogen) atoms. The Balaban J connectivity index is 1.07. The summed E-state index contributed by atoms with van der Waals surface area (Å²) < 4.78 is 39.2. The Labute approximate surface area is 201 Å². The average molecular weight is 493 g/mol. The van der Waals surface area contributed by atoms with Crippen LogP contribution in [0.1, 0.15) is 44.1 Å². The molecule has 4 N–H and O–H groups in total. The van der Waals surface area contributed by atoms with E-state index in [1.165, 1.54) is 12.4 Å². The second-order valence-electron chi connectivity index (χ2n) is 9.96. The first kappa shape index (κ1) is 24.2. The molecule has 3 fully saturated rings. The van der Waals surface area contributed by atoms with Crippen LogP contribution in [-0.4, -0.2) is 69.9 Å². The molecule has 11 heteroatoms. The van der Waals surface area contributed by atoms with E-state index in [-0.39, 0.29) is 35.9 Å². The number of halogens is 3. The highest BCUT2D eigenvalue weighted by atomic mass is 19.4. The van der Waals surface area contributed by atoms with Gasteiger partial charge in [0.15, 0.2) is 0 Å². The Morgan fingerprint density at radius 2 is 1.89 bits per heavy atom. The van der Waals surface area contributed by atoms with Crippen LogP contribution < -0.4 is 16.0 Å². The fourth-order valence-electron chi connectivity index (χ4n) is 5.71. The van der Waals surface area contributed by atoms with Crippen molar-refractivity contribution in [1.29, 1.82) is 0 Å². The molecular formula is C24H31F3N6O2. The number of fused-ring (bicyclic) bond motifs is 1. The van der Waals surface area contributed by atoms with Crippen LogP contribution >= 0.6 is 0 Å². The average Bonchev–Trinajstić information content (AvgIpc) is 3.25. The van der Waals surface area contributed by atoms with Crippen LogP contribution in [0.5, 0.6) is 0 Å². The zero-order valence-electron chi connectivity index (χ0n) is 19.4. The Morgan fingerprint density at radius 3 is 2.57 bits per heavy atom. The summed E-state index contributed by atoms with van der Waals surface area (Å²) in [6, 6.07) is 4.34. The highest BCUT2D eigenvalue weighted by Crippen LogP contribution is 2.35. The number of likely N-dealkylation sites (tertiary alicyclic amines) is 1. The number of alkyl halides is 3. The smallest absolute Gasteiger partial charge is 0.379 e. The maximum absolute atomic E-state index is 13.1. The molecule has 2 unspecified atom stereocenters. The zero-order valence-corrected chi connectivity index (χ0v) is 19.4. The van der Waals surface area contributed by atoms with Crippen LogP contribution in [-0.2, 0) is 11.0 Å². The number of rotatable bonds is 6. The number of aliphatic hydroxyl groups excluding tert-OH is 1. The van der Waals surface area contributed by atoms with Gasteiger partial charge in [-0.3, -0.25) is 15.0 Å². The Bertz CT molecular complexity index is 1050. The maximum atomic E-state index is 13.1. The van der Waals surface area contributed by atoms with Crippen LogP contribution in [0.2, 0.25) is 0 Å². The van der Waals surface area contributed by atoms with Gasteiger partial charge in [0.05, 0.1) is 23.7 Å². The van der Waals surface area contributed by atoms with Gasteiger partial charge in [-0.2, -0.15) is 13.2 Å². The largest absolute Gasteiger partial charge is 0.416 e. The predicted molar refractivity (Wildman–Crippen MR) is 124 cm³/mol. The van der Waals surface area contributed by atoms with Crippen molar-refractivity contribution in [2.75, 3.05) is 25.0 Å². The molecule has 0 spiro atoms. The summed E-state index contributed by atoms with van der Waals surface area (Å²) in [6.45, 7) is 1.55. The van der Waals surface area contributed by atoms with Gasteiger partial charge in [-0.15, -0.1) is 0 Å². The minimum Gasteiger partial charge on any atom is -0.379 e. The number of carbonyl (C=O) groups excluding carboxylic acids is 1. The molecule has 3 heterocycles. The standard InChI is InChI=1S/C24H31F3N6O2/c25-24(26,27)15-3-6-20-18(9-15)23(30-13-29-20)28-10-22(35)31-16-11-33(12-16)17-4-1-14(2-5-17)19-7-8-21(34)32-19/h3,6,9,13-14,16-17,19,21,32,34H,1-2,4-5,7-8,10-12H2,(H,31,35)(H,28,29,30). The number of nitrogens with zero attached hydrogens (tertiary/aromatic N) is 3.